The molecule has 0 radical (unpaired) electrons. The number of amides is 1. The highest BCUT2D eigenvalue weighted by atomic mass is 16.5. The Morgan fingerprint density at radius 2 is 1.70 bits per heavy atom. The second-order valence-electron chi connectivity index (χ2n) is 6.65. The number of nitrogens with one attached hydrogen (secondary N) is 2. The Hall–Kier alpha value is -4.13. The van der Waals surface area contributed by atoms with Crippen LogP contribution in [0.3, 0.4) is 0 Å². The SMILES string of the molecule is Cc1ccc(Oc2ccccc2NC(=O)COC(=O)c2n[nH]c3ccccc23)cc1. The summed E-state index contributed by atoms with van der Waals surface area (Å²) in [5.74, 6) is -0.0200. The Labute approximate surface area is 172 Å². The fourth-order valence-electron chi connectivity index (χ4n) is 2.90. The number of carbonyl (C=O) groups excluding carboxylic acids is 2. The summed E-state index contributed by atoms with van der Waals surface area (Å²) in [5.41, 5.74) is 2.46. The average Bonchev–Trinajstić information content (AvgIpc) is 3.19. The van der Waals surface area contributed by atoms with E-state index in [4.69, 9.17) is 9.47 Å². The summed E-state index contributed by atoms with van der Waals surface area (Å²) in [6.45, 7) is 1.55. The molecule has 0 fully saturated rings. The van der Waals surface area contributed by atoms with Crippen LogP contribution in [0, 0.1) is 6.92 Å². The van der Waals surface area contributed by atoms with Crippen LogP contribution in [0.2, 0.25) is 0 Å². The predicted octanol–water partition coefficient (Wildman–Crippen LogP) is 4.46. The van der Waals surface area contributed by atoms with E-state index in [0.717, 1.165) is 11.1 Å². The van der Waals surface area contributed by atoms with Crippen LogP contribution in [-0.4, -0.2) is 28.7 Å². The van der Waals surface area contributed by atoms with Crippen LogP contribution in [0.25, 0.3) is 10.9 Å². The fraction of sp³-hybridized carbons (Fsp3) is 0.0870. The monoisotopic (exact) mass is 401 g/mol. The van der Waals surface area contributed by atoms with Crippen molar-refractivity contribution in [2.24, 2.45) is 0 Å². The molecule has 0 saturated carbocycles. The second-order valence-corrected chi connectivity index (χ2v) is 6.65. The smallest absolute Gasteiger partial charge is 0.359 e. The highest BCUT2D eigenvalue weighted by Crippen LogP contribution is 2.29. The first kappa shape index (κ1) is 19.2. The summed E-state index contributed by atoms with van der Waals surface area (Å²) >= 11 is 0. The third-order valence-corrected chi connectivity index (χ3v) is 4.41. The van der Waals surface area contributed by atoms with Crippen LogP contribution in [0.1, 0.15) is 16.1 Å². The first-order valence-corrected chi connectivity index (χ1v) is 9.34. The molecule has 0 bridgehead atoms. The molecular weight excluding hydrogens is 382 g/mol. The van der Waals surface area contributed by atoms with Gasteiger partial charge in [0.05, 0.1) is 11.2 Å². The van der Waals surface area contributed by atoms with E-state index in [1.165, 1.54) is 0 Å². The number of benzene rings is 3. The molecule has 0 aliphatic carbocycles. The van der Waals surface area contributed by atoms with Crippen molar-refractivity contribution in [1.29, 1.82) is 0 Å². The van der Waals surface area contributed by atoms with Crippen LogP contribution in [0.15, 0.2) is 72.8 Å². The zero-order valence-corrected chi connectivity index (χ0v) is 16.2. The lowest BCUT2D eigenvalue weighted by Gasteiger charge is -2.12. The third kappa shape index (κ3) is 4.30. The number of ether oxygens (including phenoxy) is 2. The molecule has 0 spiro atoms. The topological polar surface area (TPSA) is 93.3 Å². The number of esters is 1. The number of para-hydroxylation sites is 3. The molecule has 0 atom stereocenters. The third-order valence-electron chi connectivity index (χ3n) is 4.41. The zero-order valence-electron chi connectivity index (χ0n) is 16.2. The summed E-state index contributed by atoms with van der Waals surface area (Å²) in [5, 5.41) is 10.1. The largest absolute Gasteiger partial charge is 0.455 e. The Bertz CT molecular complexity index is 1200. The van der Waals surface area contributed by atoms with Gasteiger partial charge in [0, 0.05) is 5.39 Å². The standard InChI is InChI=1S/C23H19N3O4/c1-15-10-12-16(13-11-15)30-20-9-5-4-8-19(20)24-21(27)14-29-23(28)22-17-6-2-3-7-18(17)25-26-22/h2-13H,14H2,1H3,(H,24,27)(H,25,26). The summed E-state index contributed by atoms with van der Waals surface area (Å²) in [6.07, 6.45) is 0. The van der Waals surface area contributed by atoms with Gasteiger partial charge in [0.1, 0.15) is 5.75 Å². The van der Waals surface area contributed by atoms with Crippen LogP contribution in [0.5, 0.6) is 11.5 Å². The molecule has 0 unspecified atom stereocenters. The lowest BCUT2D eigenvalue weighted by Crippen LogP contribution is -2.21. The summed E-state index contributed by atoms with van der Waals surface area (Å²) in [6, 6.07) is 21.8. The lowest BCUT2D eigenvalue weighted by molar-refractivity contribution is -0.119. The molecule has 4 rings (SSSR count). The van der Waals surface area contributed by atoms with Gasteiger partial charge in [0.15, 0.2) is 18.1 Å². The fourth-order valence-corrected chi connectivity index (χ4v) is 2.90. The minimum Gasteiger partial charge on any atom is -0.455 e. The molecule has 0 saturated heterocycles. The summed E-state index contributed by atoms with van der Waals surface area (Å²) < 4.78 is 11.0. The number of hydrogen-bond acceptors (Lipinski definition) is 5. The van der Waals surface area contributed by atoms with E-state index in [-0.39, 0.29) is 5.69 Å². The van der Waals surface area contributed by atoms with Gasteiger partial charge in [-0.05, 0) is 37.3 Å². The molecule has 2 N–H and O–H groups in total. The summed E-state index contributed by atoms with van der Waals surface area (Å²) in [4.78, 5) is 24.6. The Balaban J connectivity index is 1.39. The zero-order chi connectivity index (χ0) is 20.9. The molecular formula is C23H19N3O4. The second kappa shape index (κ2) is 8.48. The van der Waals surface area contributed by atoms with Crippen molar-refractivity contribution in [2.45, 2.75) is 6.92 Å². The van der Waals surface area contributed by atoms with E-state index in [1.54, 1.807) is 36.4 Å². The number of nitrogens with zero attached hydrogens (tertiary/aromatic N) is 1. The number of carbonyl (C=O) groups is 2. The maximum absolute atomic E-state index is 12.3. The lowest BCUT2D eigenvalue weighted by atomic mass is 10.2. The Kier molecular flexibility index (Phi) is 5.43. The van der Waals surface area contributed by atoms with E-state index in [9.17, 15) is 9.59 Å². The number of aromatic amines is 1. The average molecular weight is 401 g/mol. The van der Waals surface area contributed by atoms with Crippen molar-refractivity contribution in [3.8, 4) is 11.5 Å². The van der Waals surface area contributed by atoms with Gasteiger partial charge in [-0.3, -0.25) is 9.89 Å². The van der Waals surface area contributed by atoms with Crippen LogP contribution in [-0.2, 0) is 9.53 Å². The van der Waals surface area contributed by atoms with Crippen LogP contribution >= 0.6 is 0 Å². The van der Waals surface area contributed by atoms with Crippen molar-refractivity contribution in [3.63, 3.8) is 0 Å². The first-order valence-electron chi connectivity index (χ1n) is 9.34. The molecule has 1 aromatic heterocycles. The Morgan fingerprint density at radius 1 is 0.967 bits per heavy atom. The van der Waals surface area contributed by atoms with E-state index in [1.807, 2.05) is 43.3 Å². The quantitative estimate of drug-likeness (QED) is 0.465. The van der Waals surface area contributed by atoms with Gasteiger partial charge in [0.25, 0.3) is 5.91 Å². The van der Waals surface area contributed by atoms with Crippen molar-refractivity contribution < 1.29 is 19.1 Å². The minimum absolute atomic E-state index is 0.140. The van der Waals surface area contributed by atoms with Gasteiger partial charge < -0.3 is 14.8 Å². The minimum atomic E-state index is -0.674. The van der Waals surface area contributed by atoms with Gasteiger partial charge in [-0.1, -0.05) is 48.0 Å². The van der Waals surface area contributed by atoms with E-state index in [2.05, 4.69) is 15.5 Å². The van der Waals surface area contributed by atoms with Gasteiger partial charge in [0.2, 0.25) is 0 Å². The van der Waals surface area contributed by atoms with E-state index < -0.39 is 18.5 Å². The number of anilines is 1. The molecule has 30 heavy (non-hydrogen) atoms. The number of fused-ring (bicyclic) bond motifs is 1. The van der Waals surface area contributed by atoms with Crippen molar-refractivity contribution in [3.05, 3.63) is 84.1 Å². The molecule has 150 valence electrons. The van der Waals surface area contributed by atoms with Crippen molar-refractivity contribution >= 4 is 28.5 Å². The Morgan fingerprint density at radius 3 is 2.53 bits per heavy atom. The van der Waals surface area contributed by atoms with E-state index >= 15 is 0 Å². The number of aryl methyl sites for hydroxylation is 1. The van der Waals surface area contributed by atoms with Gasteiger partial charge in [-0.15, -0.1) is 0 Å². The molecule has 7 heteroatoms. The molecule has 0 aliphatic heterocycles. The van der Waals surface area contributed by atoms with Gasteiger partial charge in [-0.2, -0.15) is 5.10 Å². The molecule has 7 nitrogen and oxygen atoms in total. The summed E-state index contributed by atoms with van der Waals surface area (Å²) in [7, 11) is 0. The normalized spacial score (nSPS) is 10.6. The van der Waals surface area contributed by atoms with Crippen molar-refractivity contribution in [1.82, 2.24) is 10.2 Å². The molecule has 1 heterocycles. The van der Waals surface area contributed by atoms with Gasteiger partial charge in [-0.25, -0.2) is 4.79 Å². The molecule has 3 aromatic carbocycles. The van der Waals surface area contributed by atoms with Crippen LogP contribution in [0.4, 0.5) is 5.69 Å². The van der Waals surface area contributed by atoms with Crippen LogP contribution < -0.4 is 10.1 Å². The highest BCUT2D eigenvalue weighted by molar-refractivity contribution is 6.03. The maximum atomic E-state index is 12.3. The first-order chi connectivity index (χ1) is 14.6. The number of H-pyrrole nitrogens is 1. The molecule has 1 amide bonds. The van der Waals surface area contributed by atoms with E-state index in [0.29, 0.717) is 22.6 Å². The van der Waals surface area contributed by atoms with Gasteiger partial charge >= 0.3 is 5.97 Å². The molecule has 0 aliphatic rings. The molecule has 4 aromatic rings. The number of rotatable bonds is 6. The van der Waals surface area contributed by atoms with Crippen molar-refractivity contribution in [2.75, 3.05) is 11.9 Å². The number of hydrogen-bond donors (Lipinski definition) is 2. The predicted molar refractivity (Wildman–Crippen MR) is 113 cm³/mol. The maximum Gasteiger partial charge on any atom is 0.359 e. The number of aromatic nitrogens is 2. The highest BCUT2D eigenvalue weighted by Gasteiger charge is 2.17.